The van der Waals surface area contributed by atoms with Crippen LogP contribution in [0.15, 0.2) is 0 Å². The van der Waals surface area contributed by atoms with E-state index in [2.05, 4.69) is 43.2 Å². The molecule has 3 heteroatoms. The predicted molar refractivity (Wildman–Crippen MR) is 75.5 cm³/mol. The van der Waals surface area contributed by atoms with Gasteiger partial charge in [0, 0.05) is 12.6 Å². The van der Waals surface area contributed by atoms with E-state index in [0.717, 1.165) is 5.92 Å². The van der Waals surface area contributed by atoms with Crippen LogP contribution in [0.1, 0.15) is 32.6 Å². The fourth-order valence-electron chi connectivity index (χ4n) is 2.66. The summed E-state index contributed by atoms with van der Waals surface area (Å²) in [4.78, 5) is 4.73. The zero-order valence-electron chi connectivity index (χ0n) is 12.2. The van der Waals surface area contributed by atoms with Gasteiger partial charge in [-0.2, -0.15) is 0 Å². The molecule has 1 heterocycles. The monoisotopic (exact) mass is 241 g/mol. The van der Waals surface area contributed by atoms with Crippen LogP contribution in [0.4, 0.5) is 0 Å². The van der Waals surface area contributed by atoms with Gasteiger partial charge in [0.1, 0.15) is 0 Å². The van der Waals surface area contributed by atoms with Crippen LogP contribution in [-0.2, 0) is 0 Å². The smallest absolute Gasteiger partial charge is 0.00792 e. The van der Waals surface area contributed by atoms with E-state index in [1.165, 1.54) is 51.9 Å². The van der Waals surface area contributed by atoms with Crippen molar-refractivity contribution < 1.29 is 0 Å². The minimum atomic E-state index is 0.678. The molecule has 0 bridgehead atoms. The Labute approximate surface area is 108 Å². The largest absolute Gasteiger partial charge is 0.314 e. The molecule has 2 unspecified atom stereocenters. The number of hydrogen-bond acceptors (Lipinski definition) is 3. The van der Waals surface area contributed by atoms with Gasteiger partial charge in [-0.15, -0.1) is 0 Å². The maximum Gasteiger partial charge on any atom is 0.00792 e. The number of likely N-dealkylation sites (tertiary alicyclic amines) is 1. The molecule has 1 saturated heterocycles. The van der Waals surface area contributed by atoms with E-state index in [-0.39, 0.29) is 0 Å². The molecule has 1 N–H and O–H groups in total. The van der Waals surface area contributed by atoms with Crippen LogP contribution in [0.5, 0.6) is 0 Å². The molecule has 0 aromatic heterocycles. The second-order valence-electron chi connectivity index (χ2n) is 5.92. The Balaban J connectivity index is 2.05. The van der Waals surface area contributed by atoms with Crippen molar-refractivity contribution in [3.05, 3.63) is 0 Å². The highest BCUT2D eigenvalue weighted by molar-refractivity contribution is 4.78. The average molecular weight is 241 g/mol. The van der Waals surface area contributed by atoms with Gasteiger partial charge in [-0.05, 0) is 79.3 Å². The number of nitrogens with one attached hydrogen (secondary N) is 1. The molecule has 1 aliphatic rings. The fourth-order valence-corrected chi connectivity index (χ4v) is 2.66. The molecule has 1 aliphatic heterocycles. The number of piperidine rings is 1. The number of hydrogen-bond donors (Lipinski definition) is 1. The maximum atomic E-state index is 3.70. The summed E-state index contributed by atoms with van der Waals surface area (Å²) in [7, 11) is 6.54. The summed E-state index contributed by atoms with van der Waals surface area (Å²) >= 11 is 0. The molecule has 0 aliphatic carbocycles. The maximum absolute atomic E-state index is 3.70. The number of unbranched alkanes of at least 4 members (excludes halogenated alkanes) is 1. The van der Waals surface area contributed by atoms with Crippen LogP contribution in [0, 0.1) is 5.92 Å². The molecule has 17 heavy (non-hydrogen) atoms. The van der Waals surface area contributed by atoms with Crippen molar-refractivity contribution in [2.75, 3.05) is 47.3 Å². The van der Waals surface area contributed by atoms with Crippen LogP contribution < -0.4 is 5.32 Å². The summed E-state index contributed by atoms with van der Waals surface area (Å²) in [5.74, 6) is 0.850. The van der Waals surface area contributed by atoms with Gasteiger partial charge in [-0.1, -0.05) is 0 Å². The molecule has 3 nitrogen and oxygen atoms in total. The lowest BCUT2D eigenvalue weighted by molar-refractivity contribution is 0.179. The lowest BCUT2D eigenvalue weighted by atomic mass is 9.92. The Morgan fingerprint density at radius 3 is 2.76 bits per heavy atom. The molecular weight excluding hydrogens is 210 g/mol. The van der Waals surface area contributed by atoms with Crippen molar-refractivity contribution >= 4 is 0 Å². The van der Waals surface area contributed by atoms with Gasteiger partial charge in [0.15, 0.2) is 0 Å². The van der Waals surface area contributed by atoms with Crippen LogP contribution in [-0.4, -0.2) is 63.2 Å². The van der Waals surface area contributed by atoms with Gasteiger partial charge in [-0.3, -0.25) is 0 Å². The van der Waals surface area contributed by atoms with E-state index in [9.17, 15) is 0 Å². The third-order valence-electron chi connectivity index (χ3n) is 3.87. The van der Waals surface area contributed by atoms with Gasteiger partial charge in [0.05, 0.1) is 0 Å². The molecule has 1 fully saturated rings. The van der Waals surface area contributed by atoms with E-state index in [0.29, 0.717) is 6.04 Å². The average Bonchev–Trinajstić information content (AvgIpc) is 2.28. The topological polar surface area (TPSA) is 18.5 Å². The van der Waals surface area contributed by atoms with Crippen molar-refractivity contribution in [3.63, 3.8) is 0 Å². The quantitative estimate of drug-likeness (QED) is 0.684. The first-order chi connectivity index (χ1) is 8.09. The summed E-state index contributed by atoms with van der Waals surface area (Å²) in [5.41, 5.74) is 0. The zero-order valence-corrected chi connectivity index (χ0v) is 12.2. The van der Waals surface area contributed by atoms with Crippen LogP contribution >= 0.6 is 0 Å². The van der Waals surface area contributed by atoms with Crippen molar-refractivity contribution in [2.24, 2.45) is 5.92 Å². The van der Waals surface area contributed by atoms with Crippen LogP contribution in [0.25, 0.3) is 0 Å². The fraction of sp³-hybridized carbons (Fsp3) is 1.00. The third kappa shape index (κ3) is 6.39. The summed E-state index contributed by atoms with van der Waals surface area (Å²) in [6, 6.07) is 0.678. The lowest BCUT2D eigenvalue weighted by Gasteiger charge is -2.34. The third-order valence-corrected chi connectivity index (χ3v) is 3.87. The Hall–Kier alpha value is -0.120. The molecular formula is C14H31N3. The highest BCUT2D eigenvalue weighted by Crippen LogP contribution is 2.18. The molecule has 0 radical (unpaired) electrons. The molecule has 2 atom stereocenters. The molecule has 0 spiro atoms. The number of nitrogens with zero attached hydrogens (tertiary/aromatic N) is 2. The van der Waals surface area contributed by atoms with Crippen LogP contribution in [0.2, 0.25) is 0 Å². The van der Waals surface area contributed by atoms with Gasteiger partial charge in [0.2, 0.25) is 0 Å². The molecule has 1 rings (SSSR count). The zero-order chi connectivity index (χ0) is 12.7. The van der Waals surface area contributed by atoms with E-state index in [1.807, 2.05) is 0 Å². The Morgan fingerprint density at radius 1 is 1.35 bits per heavy atom. The normalized spacial score (nSPS) is 24.2. The molecule has 0 amide bonds. The minimum absolute atomic E-state index is 0.678. The number of rotatable bonds is 7. The van der Waals surface area contributed by atoms with E-state index >= 15 is 0 Å². The summed E-state index contributed by atoms with van der Waals surface area (Å²) in [5, 5.41) is 3.70. The second kappa shape index (κ2) is 8.06. The first-order valence-corrected chi connectivity index (χ1v) is 7.16. The van der Waals surface area contributed by atoms with E-state index in [4.69, 9.17) is 0 Å². The van der Waals surface area contributed by atoms with Crippen molar-refractivity contribution in [2.45, 2.75) is 38.6 Å². The summed E-state index contributed by atoms with van der Waals surface area (Å²) in [6.45, 7) is 7.30. The highest BCUT2D eigenvalue weighted by atomic mass is 15.1. The Kier molecular flexibility index (Phi) is 7.09. The first kappa shape index (κ1) is 14.9. The van der Waals surface area contributed by atoms with Crippen LogP contribution in [0.3, 0.4) is 0 Å². The van der Waals surface area contributed by atoms with Gasteiger partial charge in [-0.25, -0.2) is 0 Å². The Bertz CT molecular complexity index is 194. The van der Waals surface area contributed by atoms with Gasteiger partial charge < -0.3 is 15.1 Å². The van der Waals surface area contributed by atoms with Crippen molar-refractivity contribution in [3.8, 4) is 0 Å². The standard InChI is InChI=1S/C14H31N3/c1-13(14-8-7-11-17(4)12-14)15-9-5-6-10-16(2)3/h13-15H,5-12H2,1-4H3. The Morgan fingerprint density at radius 2 is 2.12 bits per heavy atom. The molecule has 0 aromatic carbocycles. The molecule has 102 valence electrons. The van der Waals surface area contributed by atoms with Crippen molar-refractivity contribution in [1.29, 1.82) is 0 Å². The van der Waals surface area contributed by atoms with Gasteiger partial charge >= 0.3 is 0 Å². The summed E-state index contributed by atoms with van der Waals surface area (Å²) < 4.78 is 0. The second-order valence-corrected chi connectivity index (χ2v) is 5.92. The van der Waals surface area contributed by atoms with E-state index < -0.39 is 0 Å². The summed E-state index contributed by atoms with van der Waals surface area (Å²) in [6.07, 6.45) is 5.37. The minimum Gasteiger partial charge on any atom is -0.314 e. The molecule has 0 saturated carbocycles. The van der Waals surface area contributed by atoms with E-state index in [1.54, 1.807) is 0 Å². The van der Waals surface area contributed by atoms with Gasteiger partial charge in [0.25, 0.3) is 0 Å². The SMILES string of the molecule is CC(NCCCCN(C)C)C1CCCN(C)C1. The highest BCUT2D eigenvalue weighted by Gasteiger charge is 2.21. The molecule has 0 aromatic rings. The predicted octanol–water partition coefficient (Wildman–Crippen LogP) is 1.65. The first-order valence-electron chi connectivity index (χ1n) is 7.16. The van der Waals surface area contributed by atoms with Crippen molar-refractivity contribution in [1.82, 2.24) is 15.1 Å². The lowest BCUT2D eigenvalue weighted by Crippen LogP contribution is -2.43.